The van der Waals surface area contributed by atoms with Crippen LogP contribution >= 0.6 is 0 Å². The third-order valence-electron chi connectivity index (χ3n) is 20.0. The maximum absolute atomic E-state index is 7.25. The lowest BCUT2D eigenvalue weighted by Crippen LogP contribution is -2.11. The van der Waals surface area contributed by atoms with Crippen molar-refractivity contribution in [3.05, 3.63) is 376 Å². The molecule has 19 rings (SSSR count). The first kappa shape index (κ1) is 58.1. The number of furan rings is 2. The maximum atomic E-state index is 7.25. The lowest BCUT2D eigenvalue weighted by atomic mass is 9.90. The summed E-state index contributed by atoms with van der Waals surface area (Å²) in [4.78, 5) is 4.80. The first-order valence-corrected chi connectivity index (χ1v) is 34.2. The van der Waals surface area contributed by atoms with Gasteiger partial charge in [0.25, 0.3) is 0 Å². The number of anilines is 6. The van der Waals surface area contributed by atoms with Gasteiger partial charge in [-0.05, 0) is 173 Å². The molecule has 19 aromatic rings. The largest absolute Gasteiger partial charge is 0.455 e. The van der Waals surface area contributed by atoms with Crippen molar-refractivity contribution in [1.82, 2.24) is 0 Å². The summed E-state index contributed by atoms with van der Waals surface area (Å²) in [6.45, 7) is 0. The fourth-order valence-corrected chi connectivity index (χ4v) is 15.3. The molecule has 0 fully saturated rings. The minimum Gasteiger partial charge on any atom is -0.455 e. The molecule has 0 saturated heterocycles. The number of nitrogens with zero attached hydrogens (tertiary/aromatic N) is 2. The molecule has 0 unspecified atom stereocenters. The van der Waals surface area contributed by atoms with E-state index in [1.54, 1.807) is 0 Å². The van der Waals surface area contributed by atoms with E-state index in [2.05, 4.69) is 386 Å². The quantitative estimate of drug-likeness (QED) is 0.115. The Morgan fingerprint density at radius 2 is 0.520 bits per heavy atom. The molecule has 0 atom stereocenters. The number of fused-ring (bicyclic) bond motifs is 9. The highest BCUT2D eigenvalue weighted by molar-refractivity contribution is 6.18. The molecule has 0 spiro atoms. The zero-order valence-electron chi connectivity index (χ0n) is 54.5. The Labute approximate surface area is 579 Å². The molecular formula is C96H62N2O2. The molecule has 468 valence electrons. The van der Waals surface area contributed by atoms with Crippen LogP contribution in [0.15, 0.2) is 385 Å². The summed E-state index contributed by atoms with van der Waals surface area (Å²) in [7, 11) is 0. The number of para-hydroxylation sites is 4. The van der Waals surface area contributed by atoms with Gasteiger partial charge in [-0.25, -0.2) is 0 Å². The Bertz CT molecular complexity index is 6270. The van der Waals surface area contributed by atoms with Crippen molar-refractivity contribution in [2.45, 2.75) is 0 Å². The van der Waals surface area contributed by atoms with Gasteiger partial charge in [-0.15, -0.1) is 0 Å². The molecular weight excluding hydrogens is 1210 g/mol. The average molecular weight is 1280 g/mol. The predicted molar refractivity (Wildman–Crippen MR) is 421 cm³/mol. The molecule has 0 aliphatic carbocycles. The highest BCUT2D eigenvalue weighted by Crippen LogP contribution is 2.50. The average Bonchev–Trinajstić information content (AvgIpc) is 1.52. The van der Waals surface area contributed by atoms with E-state index in [0.29, 0.717) is 0 Å². The molecule has 2 aromatic heterocycles. The van der Waals surface area contributed by atoms with E-state index in [4.69, 9.17) is 8.83 Å². The second kappa shape index (κ2) is 24.4. The van der Waals surface area contributed by atoms with E-state index in [1.165, 1.54) is 16.2 Å². The van der Waals surface area contributed by atoms with Crippen LogP contribution in [0.5, 0.6) is 0 Å². The molecule has 17 aromatic carbocycles. The van der Waals surface area contributed by atoms with Crippen LogP contribution in [0, 0.1) is 0 Å². The molecule has 4 nitrogen and oxygen atoms in total. The number of rotatable bonds is 13. The van der Waals surface area contributed by atoms with Gasteiger partial charge in [-0.1, -0.05) is 291 Å². The van der Waals surface area contributed by atoms with Crippen molar-refractivity contribution >= 4 is 110 Å². The Morgan fingerprint density at radius 1 is 0.170 bits per heavy atom. The van der Waals surface area contributed by atoms with Crippen LogP contribution in [0.25, 0.3) is 154 Å². The van der Waals surface area contributed by atoms with E-state index < -0.39 is 0 Å². The van der Waals surface area contributed by atoms with Crippen LogP contribution in [0.4, 0.5) is 34.1 Å². The van der Waals surface area contributed by atoms with Crippen LogP contribution in [0.1, 0.15) is 0 Å². The summed E-state index contributed by atoms with van der Waals surface area (Å²) < 4.78 is 14.2. The Balaban J connectivity index is 0.702. The smallest absolute Gasteiger partial charge is 0.143 e. The fourth-order valence-electron chi connectivity index (χ4n) is 15.3. The van der Waals surface area contributed by atoms with Gasteiger partial charge in [0.2, 0.25) is 0 Å². The molecule has 0 saturated carbocycles. The molecule has 100 heavy (non-hydrogen) atoms. The summed E-state index contributed by atoms with van der Waals surface area (Å²) in [6.07, 6.45) is 0. The Hall–Kier alpha value is -13.3. The number of hydrogen-bond acceptors (Lipinski definition) is 4. The third-order valence-corrected chi connectivity index (χ3v) is 20.0. The SMILES string of the molecule is c1ccc(-c2cccc(N(c3ccc(-c4cccc5c(-c6cccc7cc8c(cc67)oc6c(-c7ccccc7N(c7cccc(-c9ccccc9)c7)c7cccc(-c9ccccc9)c7)cccc68)cccc45)cc3)c3ccccc3-c3cccc4c3oc3cc5ccccc5cc34)c2)cc1. The fraction of sp³-hybridized carbons (Fsp3) is 0. The maximum Gasteiger partial charge on any atom is 0.143 e. The van der Waals surface area contributed by atoms with E-state index in [-0.39, 0.29) is 0 Å². The molecule has 0 N–H and O–H groups in total. The van der Waals surface area contributed by atoms with Gasteiger partial charge in [0.15, 0.2) is 0 Å². The lowest BCUT2D eigenvalue weighted by molar-refractivity contribution is 0.670. The van der Waals surface area contributed by atoms with Crippen molar-refractivity contribution in [1.29, 1.82) is 0 Å². The minimum absolute atomic E-state index is 0.840. The van der Waals surface area contributed by atoms with Crippen LogP contribution in [-0.4, -0.2) is 0 Å². The third kappa shape index (κ3) is 10.2. The van der Waals surface area contributed by atoms with Gasteiger partial charge in [-0.3, -0.25) is 0 Å². The summed E-state index contributed by atoms with van der Waals surface area (Å²) in [5.74, 6) is 0. The standard InChI is InChI=1S/C96H62N2O2/c1-4-24-63(25-5-1)67-32-16-36-74(56-67)97(91-50-14-12-39-82(91)84-46-22-48-86-89-59-70-30-10-11-31-71(70)61-93(89)99-95(84)86)73-54-52-66(53-55-73)77-41-20-44-79-78(77)43-21-45-80(79)81-42-19-35-72-60-90-87-49-23-47-85(96(87)100-94(90)62-88(72)81)83-40-13-15-51-92(83)98(75-37-17-33-68(57-75)64-26-6-2-7-27-64)76-38-18-34-69(58-76)65-28-8-3-9-29-65/h1-62H. The molecule has 0 aliphatic heterocycles. The molecule has 0 radical (unpaired) electrons. The Morgan fingerprint density at radius 3 is 1.04 bits per heavy atom. The van der Waals surface area contributed by atoms with Gasteiger partial charge in [-0.2, -0.15) is 0 Å². The monoisotopic (exact) mass is 1270 g/mol. The zero-order chi connectivity index (χ0) is 66.0. The molecule has 4 heteroatoms. The van der Waals surface area contributed by atoms with Gasteiger partial charge in [0.05, 0.1) is 11.4 Å². The Kier molecular flexibility index (Phi) is 14.2. The highest BCUT2D eigenvalue weighted by Gasteiger charge is 2.25. The first-order chi connectivity index (χ1) is 49.6. The highest BCUT2D eigenvalue weighted by atomic mass is 16.3. The van der Waals surface area contributed by atoms with E-state index >= 15 is 0 Å². The van der Waals surface area contributed by atoms with Gasteiger partial charge in [0, 0.05) is 66.5 Å². The normalized spacial score (nSPS) is 11.6. The van der Waals surface area contributed by atoms with Crippen molar-refractivity contribution in [3.63, 3.8) is 0 Å². The second-order valence-corrected chi connectivity index (χ2v) is 25.8. The summed E-state index contributed by atoms with van der Waals surface area (Å²) in [6, 6.07) is 136. The van der Waals surface area contributed by atoms with Crippen molar-refractivity contribution < 1.29 is 8.83 Å². The summed E-state index contributed by atoms with van der Waals surface area (Å²) in [5.41, 5.74) is 25.4. The van der Waals surface area contributed by atoms with Crippen LogP contribution in [0.3, 0.4) is 0 Å². The van der Waals surface area contributed by atoms with E-state index in [1.807, 2.05) is 0 Å². The second-order valence-electron chi connectivity index (χ2n) is 25.8. The zero-order valence-corrected chi connectivity index (χ0v) is 54.5. The van der Waals surface area contributed by atoms with E-state index in [9.17, 15) is 0 Å². The number of hydrogen-bond donors (Lipinski definition) is 0. The predicted octanol–water partition coefficient (Wildman–Crippen LogP) is 27.6. The molecule has 0 bridgehead atoms. The summed E-state index contributed by atoms with van der Waals surface area (Å²) in [5, 5.41) is 11.3. The van der Waals surface area contributed by atoms with Crippen LogP contribution in [-0.2, 0) is 0 Å². The topological polar surface area (TPSA) is 32.8 Å². The molecule has 0 aliphatic rings. The lowest BCUT2D eigenvalue weighted by Gasteiger charge is -2.28. The van der Waals surface area contributed by atoms with Gasteiger partial charge in [0.1, 0.15) is 22.3 Å². The minimum atomic E-state index is 0.840. The van der Waals surface area contributed by atoms with Crippen molar-refractivity contribution in [2.24, 2.45) is 0 Å². The summed E-state index contributed by atoms with van der Waals surface area (Å²) >= 11 is 0. The van der Waals surface area contributed by atoms with E-state index in [0.717, 1.165) is 172 Å². The van der Waals surface area contributed by atoms with Crippen LogP contribution < -0.4 is 9.80 Å². The van der Waals surface area contributed by atoms with Gasteiger partial charge >= 0.3 is 0 Å². The van der Waals surface area contributed by atoms with Crippen molar-refractivity contribution in [3.8, 4) is 77.9 Å². The first-order valence-electron chi connectivity index (χ1n) is 34.2. The van der Waals surface area contributed by atoms with Crippen LogP contribution in [0.2, 0.25) is 0 Å². The van der Waals surface area contributed by atoms with Crippen molar-refractivity contribution in [2.75, 3.05) is 9.80 Å². The van der Waals surface area contributed by atoms with Gasteiger partial charge < -0.3 is 18.6 Å². The number of benzene rings is 17. The molecule has 2 heterocycles. The molecule has 0 amide bonds.